The number of likely N-dealkylation sites (N-methyl/N-ethyl adjacent to an activating group) is 2. The summed E-state index contributed by atoms with van der Waals surface area (Å²) in [6.45, 7) is 5.96. The number of rotatable bonds is 2. The normalized spacial score (nSPS) is 26.1. The first-order valence-electron chi connectivity index (χ1n) is 5.07. The number of hydrogen-bond donors (Lipinski definition) is 1. The molecule has 1 atom stereocenters. The van der Waals surface area contributed by atoms with Gasteiger partial charge in [0.05, 0.1) is 0 Å². The van der Waals surface area contributed by atoms with E-state index in [2.05, 4.69) is 12.6 Å². The van der Waals surface area contributed by atoms with Crippen molar-refractivity contribution in [1.29, 1.82) is 0 Å². The third kappa shape index (κ3) is 1.73. The van der Waals surface area contributed by atoms with Gasteiger partial charge in [0.25, 0.3) is 0 Å². The van der Waals surface area contributed by atoms with Gasteiger partial charge in [-0.25, -0.2) is 0 Å². The van der Waals surface area contributed by atoms with Gasteiger partial charge < -0.3 is 9.80 Å². The summed E-state index contributed by atoms with van der Waals surface area (Å²) < 4.78 is 0. The van der Waals surface area contributed by atoms with Crippen molar-refractivity contribution in [2.24, 2.45) is 0 Å². The molecule has 0 aromatic rings. The largest absolute Gasteiger partial charge is 0.330 e. The number of piperazine rings is 1. The number of carbonyl (C=O) groups excluding carboxylic acids is 2. The van der Waals surface area contributed by atoms with Crippen molar-refractivity contribution in [2.75, 3.05) is 19.3 Å². The fourth-order valence-electron chi connectivity index (χ4n) is 1.81. The highest BCUT2D eigenvalue weighted by Crippen LogP contribution is 2.25. The highest BCUT2D eigenvalue weighted by Gasteiger charge is 2.48. The van der Waals surface area contributed by atoms with Crippen LogP contribution < -0.4 is 0 Å². The van der Waals surface area contributed by atoms with Crippen molar-refractivity contribution in [2.45, 2.75) is 32.4 Å². The van der Waals surface area contributed by atoms with Crippen LogP contribution in [0.5, 0.6) is 0 Å². The molecule has 1 unspecified atom stereocenters. The Bertz CT molecular complexity index is 291. The third-order valence-corrected chi connectivity index (χ3v) is 3.47. The SMILES string of the molecule is CCN1C(=O)C(C)(C)N(C)C(=O)C1CS. The fourth-order valence-corrected chi connectivity index (χ4v) is 2.16. The third-order valence-electron chi connectivity index (χ3n) is 3.13. The molecule has 15 heavy (non-hydrogen) atoms. The Labute approximate surface area is 96.0 Å². The number of amides is 2. The van der Waals surface area contributed by atoms with Crippen LogP contribution >= 0.6 is 12.6 Å². The van der Waals surface area contributed by atoms with E-state index in [1.807, 2.05) is 6.92 Å². The van der Waals surface area contributed by atoms with E-state index in [4.69, 9.17) is 0 Å². The first-order valence-corrected chi connectivity index (χ1v) is 5.70. The second-order valence-corrected chi connectivity index (χ2v) is 4.61. The average molecular weight is 230 g/mol. The van der Waals surface area contributed by atoms with E-state index in [1.54, 1.807) is 25.8 Å². The van der Waals surface area contributed by atoms with Gasteiger partial charge in [0.2, 0.25) is 11.8 Å². The lowest BCUT2D eigenvalue weighted by Crippen LogP contribution is -2.68. The van der Waals surface area contributed by atoms with Gasteiger partial charge in [-0.05, 0) is 20.8 Å². The van der Waals surface area contributed by atoms with E-state index >= 15 is 0 Å². The van der Waals surface area contributed by atoms with Crippen LogP contribution in [0, 0.1) is 0 Å². The van der Waals surface area contributed by atoms with Gasteiger partial charge in [-0.15, -0.1) is 0 Å². The van der Waals surface area contributed by atoms with Crippen LogP contribution in [-0.4, -0.2) is 52.5 Å². The quantitative estimate of drug-likeness (QED) is 0.697. The minimum absolute atomic E-state index is 0.00819. The van der Waals surface area contributed by atoms with E-state index in [0.717, 1.165) is 0 Å². The molecule has 5 heteroatoms. The molecule has 4 nitrogen and oxygen atoms in total. The van der Waals surface area contributed by atoms with Gasteiger partial charge in [-0.2, -0.15) is 12.6 Å². The second-order valence-electron chi connectivity index (χ2n) is 4.25. The zero-order valence-electron chi connectivity index (χ0n) is 9.65. The summed E-state index contributed by atoms with van der Waals surface area (Å²) in [5.41, 5.74) is -0.744. The smallest absolute Gasteiger partial charge is 0.248 e. The molecule has 0 spiro atoms. The molecular weight excluding hydrogens is 212 g/mol. The molecule has 1 aliphatic rings. The van der Waals surface area contributed by atoms with Crippen LogP contribution in [0.1, 0.15) is 20.8 Å². The molecule has 0 aromatic heterocycles. The van der Waals surface area contributed by atoms with Crippen LogP contribution in [0.4, 0.5) is 0 Å². The number of carbonyl (C=O) groups is 2. The average Bonchev–Trinajstić information content (AvgIpc) is 2.21. The number of hydrogen-bond acceptors (Lipinski definition) is 3. The van der Waals surface area contributed by atoms with E-state index in [1.165, 1.54) is 4.90 Å². The highest BCUT2D eigenvalue weighted by atomic mass is 32.1. The van der Waals surface area contributed by atoms with E-state index in [-0.39, 0.29) is 11.8 Å². The molecule has 0 N–H and O–H groups in total. The fraction of sp³-hybridized carbons (Fsp3) is 0.800. The van der Waals surface area contributed by atoms with E-state index in [9.17, 15) is 9.59 Å². The standard InChI is InChI=1S/C10H18N2O2S/c1-5-12-7(6-15)8(13)11(4)10(2,3)9(12)14/h7,15H,5-6H2,1-4H3. The van der Waals surface area contributed by atoms with Crippen LogP contribution in [0.25, 0.3) is 0 Å². The van der Waals surface area contributed by atoms with Crippen molar-refractivity contribution in [3.05, 3.63) is 0 Å². The van der Waals surface area contributed by atoms with Crippen LogP contribution in [-0.2, 0) is 9.59 Å². The molecule has 1 rings (SSSR count). The first-order chi connectivity index (χ1) is 6.87. The zero-order valence-corrected chi connectivity index (χ0v) is 10.5. The van der Waals surface area contributed by atoms with Gasteiger partial charge >= 0.3 is 0 Å². The van der Waals surface area contributed by atoms with Crippen molar-refractivity contribution in [3.63, 3.8) is 0 Å². The van der Waals surface area contributed by atoms with Crippen molar-refractivity contribution >= 4 is 24.4 Å². The molecule has 86 valence electrons. The maximum Gasteiger partial charge on any atom is 0.248 e. The van der Waals surface area contributed by atoms with Gasteiger partial charge in [0, 0.05) is 19.3 Å². The topological polar surface area (TPSA) is 40.6 Å². The van der Waals surface area contributed by atoms with Gasteiger partial charge in [-0.3, -0.25) is 9.59 Å². The van der Waals surface area contributed by atoms with Gasteiger partial charge in [0.1, 0.15) is 11.6 Å². The lowest BCUT2D eigenvalue weighted by Gasteiger charge is -2.47. The minimum atomic E-state index is -0.744. The van der Waals surface area contributed by atoms with Crippen LogP contribution in [0.3, 0.4) is 0 Å². The summed E-state index contributed by atoms with van der Waals surface area (Å²) in [4.78, 5) is 27.2. The molecule has 1 heterocycles. The Balaban J connectivity index is 3.10. The molecule has 0 saturated carbocycles. The molecule has 2 amide bonds. The molecule has 1 aliphatic heterocycles. The van der Waals surface area contributed by atoms with Crippen molar-refractivity contribution in [1.82, 2.24) is 9.80 Å². The Morgan fingerprint density at radius 3 is 2.33 bits per heavy atom. The van der Waals surface area contributed by atoms with Crippen LogP contribution in [0.15, 0.2) is 0 Å². The maximum absolute atomic E-state index is 12.1. The predicted molar refractivity (Wildman–Crippen MR) is 61.9 cm³/mol. The zero-order chi connectivity index (χ0) is 11.8. The molecule has 0 aliphatic carbocycles. The van der Waals surface area contributed by atoms with Crippen molar-refractivity contribution in [3.8, 4) is 0 Å². The second kappa shape index (κ2) is 4.04. The first kappa shape index (κ1) is 12.4. The molecule has 1 fully saturated rings. The molecule has 0 radical (unpaired) electrons. The Morgan fingerprint density at radius 1 is 1.40 bits per heavy atom. The summed E-state index contributed by atoms with van der Waals surface area (Å²) >= 11 is 4.13. The monoisotopic (exact) mass is 230 g/mol. The lowest BCUT2D eigenvalue weighted by atomic mass is 9.95. The molecule has 1 saturated heterocycles. The van der Waals surface area contributed by atoms with Gasteiger partial charge in [-0.1, -0.05) is 0 Å². The summed E-state index contributed by atoms with van der Waals surface area (Å²) in [5, 5.41) is 0. The molecule has 0 aromatic carbocycles. The Morgan fingerprint density at radius 2 is 1.93 bits per heavy atom. The van der Waals surface area contributed by atoms with E-state index in [0.29, 0.717) is 12.3 Å². The summed E-state index contributed by atoms with van der Waals surface area (Å²) in [5.74, 6) is 0.335. The Hall–Kier alpha value is -0.710. The summed E-state index contributed by atoms with van der Waals surface area (Å²) in [7, 11) is 1.67. The molecular formula is C10H18N2O2S. The molecule has 0 bridgehead atoms. The number of thiol groups is 1. The predicted octanol–water partition coefficient (Wildman–Crippen LogP) is 0.384. The summed E-state index contributed by atoms with van der Waals surface area (Å²) in [6.07, 6.45) is 0. The lowest BCUT2D eigenvalue weighted by molar-refractivity contribution is -0.165. The van der Waals surface area contributed by atoms with Crippen molar-refractivity contribution < 1.29 is 9.59 Å². The highest BCUT2D eigenvalue weighted by molar-refractivity contribution is 7.80. The minimum Gasteiger partial charge on any atom is -0.330 e. The van der Waals surface area contributed by atoms with Crippen LogP contribution in [0.2, 0.25) is 0 Å². The maximum atomic E-state index is 12.1. The van der Waals surface area contributed by atoms with E-state index < -0.39 is 11.6 Å². The van der Waals surface area contributed by atoms with Gasteiger partial charge in [0.15, 0.2) is 0 Å². The number of nitrogens with zero attached hydrogens (tertiary/aromatic N) is 2. The summed E-state index contributed by atoms with van der Waals surface area (Å²) in [6, 6.07) is -0.413. The Kier molecular flexibility index (Phi) is 3.33.